The van der Waals surface area contributed by atoms with Crippen molar-refractivity contribution in [3.05, 3.63) is 11.7 Å². The van der Waals surface area contributed by atoms with Crippen LogP contribution in [0.15, 0.2) is 4.52 Å². The minimum Gasteiger partial charge on any atom is -0.338 e. The Labute approximate surface area is 138 Å². The third kappa shape index (κ3) is 3.16. The molecule has 0 spiro atoms. The van der Waals surface area contributed by atoms with Gasteiger partial charge in [-0.05, 0) is 46.5 Å². The molecule has 0 unspecified atom stereocenters. The summed E-state index contributed by atoms with van der Waals surface area (Å²) >= 11 is 0. The molecule has 1 aromatic heterocycles. The van der Waals surface area contributed by atoms with Crippen molar-refractivity contribution in [3.8, 4) is 0 Å². The van der Waals surface area contributed by atoms with Crippen molar-refractivity contribution < 1.29 is 12.9 Å². The molecule has 4 atom stereocenters. The van der Waals surface area contributed by atoms with Gasteiger partial charge in [0, 0.05) is 18.6 Å². The van der Waals surface area contributed by atoms with Gasteiger partial charge < -0.3 is 4.52 Å². The van der Waals surface area contributed by atoms with Crippen molar-refractivity contribution >= 4 is 10.0 Å². The monoisotopic (exact) mass is 342 g/mol. The molecule has 0 aliphatic carbocycles. The highest BCUT2D eigenvalue weighted by atomic mass is 32.2. The first-order valence-electron chi connectivity index (χ1n) is 8.36. The van der Waals surface area contributed by atoms with E-state index in [1.165, 1.54) is 23.4 Å². The largest absolute Gasteiger partial charge is 0.338 e. The van der Waals surface area contributed by atoms with E-state index in [9.17, 15) is 8.42 Å². The summed E-state index contributed by atoms with van der Waals surface area (Å²) in [4.78, 5) is 6.95. The van der Waals surface area contributed by atoms with Gasteiger partial charge in [-0.1, -0.05) is 5.16 Å². The van der Waals surface area contributed by atoms with Gasteiger partial charge in [0.1, 0.15) is 0 Å². The summed E-state index contributed by atoms with van der Waals surface area (Å²) < 4.78 is 30.7. The molecule has 0 bridgehead atoms. The molecular weight excluding hydrogens is 316 g/mol. The number of likely N-dealkylation sites (tertiary alicyclic amines) is 1. The summed E-state index contributed by atoms with van der Waals surface area (Å²) in [5, 5.41) is 4.09. The van der Waals surface area contributed by atoms with Crippen LogP contribution in [-0.2, 0) is 10.0 Å². The number of hydrogen-bond acceptors (Lipinski definition) is 6. The number of sulfonamides is 1. The first kappa shape index (κ1) is 16.9. The zero-order chi connectivity index (χ0) is 16.8. The van der Waals surface area contributed by atoms with Gasteiger partial charge in [0.05, 0.1) is 18.3 Å². The van der Waals surface area contributed by atoms with E-state index in [1.807, 2.05) is 0 Å². The van der Waals surface area contributed by atoms with Crippen LogP contribution in [0.4, 0.5) is 0 Å². The van der Waals surface area contributed by atoms with E-state index in [-0.39, 0.29) is 12.1 Å². The normalized spacial score (nSPS) is 31.7. The zero-order valence-electron chi connectivity index (χ0n) is 14.3. The Balaban J connectivity index is 1.80. The molecule has 0 saturated carbocycles. The lowest BCUT2D eigenvalue weighted by Crippen LogP contribution is -2.35. The minimum absolute atomic E-state index is 0.0526. The molecule has 2 aliphatic heterocycles. The number of rotatable bonds is 4. The van der Waals surface area contributed by atoms with Crippen molar-refractivity contribution in [2.45, 2.75) is 70.6 Å². The molecule has 23 heavy (non-hydrogen) atoms. The van der Waals surface area contributed by atoms with Crippen LogP contribution in [0.2, 0.25) is 0 Å². The third-order valence-corrected chi connectivity index (χ3v) is 6.50. The van der Waals surface area contributed by atoms with Crippen LogP contribution in [0.25, 0.3) is 0 Å². The van der Waals surface area contributed by atoms with E-state index in [2.05, 4.69) is 35.8 Å². The van der Waals surface area contributed by atoms with Crippen molar-refractivity contribution in [3.63, 3.8) is 0 Å². The van der Waals surface area contributed by atoms with Gasteiger partial charge in [0.25, 0.3) is 0 Å². The molecule has 0 amide bonds. The smallest absolute Gasteiger partial charge is 0.243 e. The van der Waals surface area contributed by atoms with Gasteiger partial charge in [-0.15, -0.1) is 0 Å². The second-order valence-electron chi connectivity index (χ2n) is 6.92. The van der Waals surface area contributed by atoms with E-state index < -0.39 is 10.0 Å². The first-order chi connectivity index (χ1) is 10.8. The van der Waals surface area contributed by atoms with Crippen LogP contribution in [-0.4, -0.2) is 52.6 Å². The summed E-state index contributed by atoms with van der Waals surface area (Å²) in [7, 11) is -3.24. The van der Waals surface area contributed by atoms with Crippen LogP contribution in [0.3, 0.4) is 0 Å². The average Bonchev–Trinajstić information content (AvgIpc) is 3.16. The van der Waals surface area contributed by atoms with Gasteiger partial charge >= 0.3 is 0 Å². The summed E-state index contributed by atoms with van der Waals surface area (Å²) in [5.41, 5.74) is 0. The molecule has 2 fully saturated rings. The Kier molecular flexibility index (Phi) is 4.50. The second-order valence-corrected chi connectivity index (χ2v) is 8.86. The Morgan fingerprint density at radius 2 is 1.87 bits per heavy atom. The Hall–Kier alpha value is -0.990. The summed E-state index contributed by atoms with van der Waals surface area (Å²) in [5.74, 6) is 1.08. The maximum Gasteiger partial charge on any atom is 0.243 e. The van der Waals surface area contributed by atoms with E-state index >= 15 is 0 Å². The topological polar surface area (TPSA) is 79.5 Å². The predicted octanol–water partition coefficient (Wildman–Crippen LogP) is 2.10. The Morgan fingerprint density at radius 3 is 2.48 bits per heavy atom. The Bertz CT molecular complexity index is 649. The minimum atomic E-state index is -3.24. The molecule has 0 N–H and O–H groups in total. The van der Waals surface area contributed by atoms with E-state index in [0.29, 0.717) is 30.3 Å². The van der Waals surface area contributed by atoms with Crippen molar-refractivity contribution in [2.75, 3.05) is 12.8 Å². The maximum absolute atomic E-state index is 11.9. The molecule has 0 aromatic carbocycles. The predicted molar refractivity (Wildman–Crippen MR) is 86.2 cm³/mol. The van der Waals surface area contributed by atoms with Crippen LogP contribution in [0, 0.1) is 0 Å². The number of aromatic nitrogens is 2. The van der Waals surface area contributed by atoms with Crippen molar-refractivity contribution in [2.24, 2.45) is 0 Å². The van der Waals surface area contributed by atoms with Crippen LogP contribution < -0.4 is 0 Å². The molecule has 7 nitrogen and oxygen atoms in total. The van der Waals surface area contributed by atoms with Crippen molar-refractivity contribution in [1.29, 1.82) is 0 Å². The molecule has 130 valence electrons. The lowest BCUT2D eigenvalue weighted by Gasteiger charge is -2.30. The molecule has 8 heteroatoms. The fraction of sp³-hybridized carbons (Fsp3) is 0.867. The fourth-order valence-electron chi connectivity index (χ4n) is 4.05. The number of nitrogens with zero attached hydrogens (tertiary/aromatic N) is 4. The molecule has 0 radical (unpaired) electrons. The third-order valence-electron chi connectivity index (χ3n) is 5.21. The molecule has 1 aromatic rings. The Morgan fingerprint density at radius 1 is 1.22 bits per heavy atom. The van der Waals surface area contributed by atoms with E-state index in [4.69, 9.17) is 4.52 Å². The van der Waals surface area contributed by atoms with Crippen LogP contribution in [0.5, 0.6) is 0 Å². The summed E-state index contributed by atoms with van der Waals surface area (Å²) in [6, 6.07) is 0.753. The molecule has 2 saturated heterocycles. The van der Waals surface area contributed by atoms with Gasteiger partial charge in [-0.2, -0.15) is 9.29 Å². The molecule has 2 aliphatic rings. The maximum atomic E-state index is 11.9. The lowest BCUT2D eigenvalue weighted by molar-refractivity contribution is 0.128. The summed E-state index contributed by atoms with van der Waals surface area (Å²) in [6.45, 7) is 7.06. The van der Waals surface area contributed by atoms with Gasteiger partial charge in [0.15, 0.2) is 5.82 Å². The second kappa shape index (κ2) is 6.14. The van der Waals surface area contributed by atoms with E-state index in [0.717, 1.165) is 12.8 Å². The lowest BCUT2D eigenvalue weighted by atomic mass is 10.2. The molecule has 3 heterocycles. The highest BCUT2D eigenvalue weighted by Crippen LogP contribution is 2.35. The van der Waals surface area contributed by atoms with Gasteiger partial charge in [-0.3, -0.25) is 4.90 Å². The number of hydrogen-bond donors (Lipinski definition) is 0. The van der Waals surface area contributed by atoms with Crippen LogP contribution in [0.1, 0.15) is 70.3 Å². The standard InChI is InChI=1S/C15H26N4O3S/c1-10-7-8-11(2)19(10)12(3)15-16-14(17-22-15)13-6-5-9-18(13)23(4,20)21/h10-13H,5-9H2,1-4H3/t10-,11+,12-,13+/m1/s1. The van der Waals surface area contributed by atoms with Crippen molar-refractivity contribution in [1.82, 2.24) is 19.3 Å². The zero-order valence-corrected chi connectivity index (χ0v) is 15.1. The SMILES string of the molecule is C[C@@H]1CC[C@H](C)N1[C@H](C)c1nc([C@@H]2CCCN2S(C)(=O)=O)no1. The first-order valence-corrected chi connectivity index (χ1v) is 10.2. The van der Waals surface area contributed by atoms with Gasteiger partial charge in [0.2, 0.25) is 15.9 Å². The molecule has 3 rings (SSSR count). The highest BCUT2D eigenvalue weighted by Gasteiger charge is 2.38. The highest BCUT2D eigenvalue weighted by molar-refractivity contribution is 7.88. The quantitative estimate of drug-likeness (QED) is 0.834. The fourth-order valence-corrected chi connectivity index (χ4v) is 5.18. The van der Waals surface area contributed by atoms with E-state index in [1.54, 1.807) is 0 Å². The summed E-state index contributed by atoms with van der Waals surface area (Å²) in [6.07, 6.45) is 5.17. The average molecular weight is 342 g/mol. The van der Waals surface area contributed by atoms with Gasteiger partial charge in [-0.25, -0.2) is 8.42 Å². The molecular formula is C15H26N4O3S. The van der Waals surface area contributed by atoms with Crippen LogP contribution >= 0.6 is 0 Å².